The number of aryl methyl sites for hydroxylation is 1. The SMILES string of the molecule is CCC.Cc1nc(=O)oc2ccccc12. The highest BCUT2D eigenvalue weighted by atomic mass is 16.4. The third-order valence-corrected chi connectivity index (χ3v) is 1.73. The van der Waals surface area contributed by atoms with Crippen LogP contribution in [0.3, 0.4) is 0 Å². The molecule has 2 rings (SSSR count). The largest absolute Gasteiger partial charge is 0.439 e. The summed E-state index contributed by atoms with van der Waals surface area (Å²) in [7, 11) is 0. The molecule has 0 aliphatic heterocycles. The third kappa shape index (κ3) is 2.91. The zero-order valence-electron chi connectivity index (χ0n) is 9.28. The molecule has 1 aromatic carbocycles. The van der Waals surface area contributed by atoms with Crippen LogP contribution in [0, 0.1) is 6.92 Å². The number of benzene rings is 1. The van der Waals surface area contributed by atoms with Crippen LogP contribution in [0.5, 0.6) is 0 Å². The molecular weight excluding hydrogens is 190 g/mol. The Kier molecular flexibility index (Phi) is 4.03. The molecule has 2 aromatic rings. The average Bonchev–Trinajstić information content (AvgIpc) is 2.18. The summed E-state index contributed by atoms with van der Waals surface area (Å²) in [6, 6.07) is 7.34. The lowest BCUT2D eigenvalue weighted by atomic mass is 10.2. The fraction of sp³-hybridized carbons (Fsp3) is 0.333. The van der Waals surface area contributed by atoms with Gasteiger partial charge in [-0.1, -0.05) is 32.4 Å². The summed E-state index contributed by atoms with van der Waals surface area (Å²) in [5.74, 6) is -0.536. The Morgan fingerprint density at radius 1 is 1.27 bits per heavy atom. The summed E-state index contributed by atoms with van der Waals surface area (Å²) in [6.45, 7) is 6.04. The van der Waals surface area contributed by atoms with Crippen molar-refractivity contribution in [2.75, 3.05) is 0 Å². The van der Waals surface area contributed by atoms with Gasteiger partial charge in [-0.2, -0.15) is 4.98 Å². The Balaban J connectivity index is 0.000000337. The van der Waals surface area contributed by atoms with Gasteiger partial charge in [0.2, 0.25) is 0 Å². The molecule has 0 bridgehead atoms. The van der Waals surface area contributed by atoms with Gasteiger partial charge in [0.25, 0.3) is 0 Å². The van der Waals surface area contributed by atoms with Crippen LogP contribution < -0.4 is 5.76 Å². The highest BCUT2D eigenvalue weighted by Gasteiger charge is 1.99. The summed E-state index contributed by atoms with van der Waals surface area (Å²) < 4.78 is 4.88. The van der Waals surface area contributed by atoms with E-state index in [9.17, 15) is 4.79 Å². The number of hydrogen-bond donors (Lipinski definition) is 0. The molecule has 1 aromatic heterocycles. The van der Waals surface area contributed by atoms with Crippen molar-refractivity contribution in [3.8, 4) is 0 Å². The van der Waals surface area contributed by atoms with Crippen molar-refractivity contribution in [3.63, 3.8) is 0 Å². The summed E-state index contributed by atoms with van der Waals surface area (Å²) >= 11 is 0. The number of nitrogens with zero attached hydrogens (tertiary/aromatic N) is 1. The summed E-state index contributed by atoms with van der Waals surface area (Å²) in [4.78, 5) is 14.5. The van der Waals surface area contributed by atoms with Gasteiger partial charge in [-0.25, -0.2) is 4.79 Å². The molecule has 0 N–H and O–H groups in total. The monoisotopic (exact) mass is 205 g/mol. The van der Waals surface area contributed by atoms with Gasteiger partial charge in [-0.3, -0.25) is 0 Å². The van der Waals surface area contributed by atoms with E-state index in [0.29, 0.717) is 11.3 Å². The molecule has 15 heavy (non-hydrogen) atoms. The molecule has 80 valence electrons. The van der Waals surface area contributed by atoms with Gasteiger partial charge in [-0.05, 0) is 19.1 Å². The zero-order chi connectivity index (χ0) is 11.3. The minimum atomic E-state index is -0.536. The quantitative estimate of drug-likeness (QED) is 0.664. The average molecular weight is 205 g/mol. The van der Waals surface area contributed by atoms with Crippen LogP contribution in [0.1, 0.15) is 26.0 Å². The lowest BCUT2D eigenvalue weighted by Gasteiger charge is -1.96. The van der Waals surface area contributed by atoms with Crippen LogP contribution in [0.2, 0.25) is 0 Å². The number of rotatable bonds is 0. The Labute approximate surface area is 88.8 Å². The smallest absolute Gasteiger partial charge is 0.408 e. The highest BCUT2D eigenvalue weighted by molar-refractivity contribution is 5.78. The van der Waals surface area contributed by atoms with E-state index in [0.717, 1.165) is 5.39 Å². The zero-order valence-corrected chi connectivity index (χ0v) is 9.28. The van der Waals surface area contributed by atoms with E-state index in [4.69, 9.17) is 4.42 Å². The minimum absolute atomic E-state index is 0.536. The molecule has 0 radical (unpaired) electrons. The van der Waals surface area contributed by atoms with E-state index < -0.39 is 5.76 Å². The van der Waals surface area contributed by atoms with Crippen LogP contribution in [-0.2, 0) is 0 Å². The second kappa shape index (κ2) is 5.29. The Hall–Kier alpha value is -1.64. The van der Waals surface area contributed by atoms with Crippen LogP contribution in [0.25, 0.3) is 11.0 Å². The number of para-hydroxylation sites is 1. The first kappa shape index (κ1) is 11.4. The predicted octanol–water partition coefficient (Wildman–Crippen LogP) is 2.91. The Bertz CT molecular complexity index is 488. The second-order valence-electron chi connectivity index (χ2n) is 3.27. The van der Waals surface area contributed by atoms with Gasteiger partial charge in [0.05, 0.1) is 5.69 Å². The van der Waals surface area contributed by atoms with Gasteiger partial charge in [0.15, 0.2) is 0 Å². The maximum atomic E-state index is 10.8. The fourth-order valence-electron chi connectivity index (χ4n) is 1.17. The van der Waals surface area contributed by atoms with E-state index in [-0.39, 0.29) is 0 Å². The van der Waals surface area contributed by atoms with Crippen molar-refractivity contribution in [3.05, 3.63) is 40.5 Å². The van der Waals surface area contributed by atoms with Crippen molar-refractivity contribution in [2.24, 2.45) is 0 Å². The van der Waals surface area contributed by atoms with Crippen molar-refractivity contribution < 1.29 is 4.42 Å². The minimum Gasteiger partial charge on any atom is -0.408 e. The van der Waals surface area contributed by atoms with Crippen molar-refractivity contribution in [1.82, 2.24) is 4.98 Å². The maximum absolute atomic E-state index is 10.8. The van der Waals surface area contributed by atoms with E-state index in [1.54, 1.807) is 13.0 Å². The van der Waals surface area contributed by atoms with E-state index in [2.05, 4.69) is 18.8 Å². The molecule has 1 heterocycles. The standard InChI is InChI=1S/C9H7NO2.C3H8/c1-6-7-4-2-3-5-8(7)12-9(11)10-6;1-3-2/h2-5H,1H3;3H2,1-2H3. The highest BCUT2D eigenvalue weighted by Crippen LogP contribution is 2.12. The van der Waals surface area contributed by atoms with E-state index >= 15 is 0 Å². The first-order chi connectivity index (χ1) is 7.19. The molecule has 0 fully saturated rings. The molecule has 0 saturated heterocycles. The van der Waals surface area contributed by atoms with Gasteiger partial charge in [0, 0.05) is 5.39 Å². The molecule has 0 aliphatic rings. The molecule has 0 amide bonds. The predicted molar refractivity (Wildman–Crippen MR) is 61.0 cm³/mol. The lowest BCUT2D eigenvalue weighted by Crippen LogP contribution is -2.04. The van der Waals surface area contributed by atoms with Crippen LogP contribution in [0.15, 0.2) is 33.5 Å². The Morgan fingerprint density at radius 3 is 2.53 bits per heavy atom. The van der Waals surface area contributed by atoms with Crippen LogP contribution in [0.4, 0.5) is 0 Å². The van der Waals surface area contributed by atoms with Crippen molar-refractivity contribution in [1.29, 1.82) is 0 Å². The maximum Gasteiger partial charge on any atom is 0.439 e. The van der Waals surface area contributed by atoms with Gasteiger partial charge in [-0.15, -0.1) is 0 Å². The molecule has 0 aliphatic carbocycles. The normalized spacial score (nSPS) is 9.53. The number of hydrogen-bond acceptors (Lipinski definition) is 3. The van der Waals surface area contributed by atoms with Crippen LogP contribution >= 0.6 is 0 Å². The molecule has 0 saturated carbocycles. The van der Waals surface area contributed by atoms with Crippen LogP contribution in [-0.4, -0.2) is 4.98 Å². The van der Waals surface area contributed by atoms with Crippen molar-refractivity contribution >= 4 is 11.0 Å². The van der Waals surface area contributed by atoms with Crippen molar-refractivity contribution in [2.45, 2.75) is 27.2 Å². The van der Waals surface area contributed by atoms with E-state index in [1.165, 1.54) is 6.42 Å². The molecule has 3 heteroatoms. The summed E-state index contributed by atoms with van der Waals surface area (Å²) in [5.41, 5.74) is 1.30. The molecule has 0 unspecified atom stereocenters. The second-order valence-corrected chi connectivity index (χ2v) is 3.27. The Morgan fingerprint density at radius 2 is 1.87 bits per heavy atom. The van der Waals surface area contributed by atoms with Gasteiger partial charge < -0.3 is 4.42 Å². The molecule has 0 atom stereocenters. The lowest BCUT2D eigenvalue weighted by molar-refractivity contribution is 0.528. The summed E-state index contributed by atoms with van der Waals surface area (Å²) in [6.07, 6.45) is 1.25. The fourth-order valence-corrected chi connectivity index (χ4v) is 1.17. The molecule has 3 nitrogen and oxygen atoms in total. The first-order valence-corrected chi connectivity index (χ1v) is 5.05. The van der Waals surface area contributed by atoms with Gasteiger partial charge >= 0.3 is 5.76 Å². The summed E-state index contributed by atoms with van der Waals surface area (Å²) in [5, 5.41) is 0.886. The number of aromatic nitrogens is 1. The number of fused-ring (bicyclic) bond motifs is 1. The van der Waals surface area contributed by atoms with E-state index in [1.807, 2.05) is 18.2 Å². The molecular formula is C12H15NO2. The third-order valence-electron chi connectivity index (χ3n) is 1.73. The van der Waals surface area contributed by atoms with Gasteiger partial charge in [0.1, 0.15) is 5.58 Å². The first-order valence-electron chi connectivity index (χ1n) is 5.05. The molecule has 0 spiro atoms. The topological polar surface area (TPSA) is 43.1 Å².